The Balaban J connectivity index is 2.79. The summed E-state index contributed by atoms with van der Waals surface area (Å²) >= 11 is 0. The van der Waals surface area contributed by atoms with Crippen LogP contribution in [0.5, 0.6) is 0 Å². The Morgan fingerprint density at radius 2 is 1.36 bits per heavy atom. The molecular weight excluding hydrogens is 347 g/mol. The number of Topliss-reactive ketones (excluding diaryl/α,β-unsaturated/α-hetero) is 1. The average molecular weight is 368 g/mol. The Labute approximate surface area is 142 Å². The Kier molecular flexibility index (Phi) is 6.69. The topological polar surface area (TPSA) is 46.5 Å². The molecule has 25 heavy (non-hydrogen) atoms. The van der Waals surface area contributed by atoms with Crippen molar-refractivity contribution in [1.29, 1.82) is 0 Å². The molecule has 0 saturated carbocycles. The van der Waals surface area contributed by atoms with E-state index >= 15 is 0 Å². The second-order valence-corrected chi connectivity index (χ2v) is 7.11. The van der Waals surface area contributed by atoms with Gasteiger partial charge < -0.3 is 9.84 Å². The second kappa shape index (κ2) is 7.78. The van der Waals surface area contributed by atoms with Crippen LogP contribution in [-0.2, 0) is 16.0 Å². The van der Waals surface area contributed by atoms with E-state index in [9.17, 15) is 31.9 Å². The molecule has 1 aromatic rings. The van der Waals surface area contributed by atoms with Crippen LogP contribution in [0.2, 0.25) is 0 Å². The number of halogens is 5. The molecule has 0 bridgehead atoms. The molecule has 0 heterocycles. The van der Waals surface area contributed by atoms with Gasteiger partial charge in [0.15, 0.2) is 29.1 Å². The van der Waals surface area contributed by atoms with Crippen molar-refractivity contribution in [2.24, 2.45) is 5.41 Å². The highest BCUT2D eigenvalue weighted by Gasteiger charge is 2.32. The molecule has 1 atom stereocenters. The van der Waals surface area contributed by atoms with Crippen LogP contribution in [0.4, 0.5) is 22.0 Å². The lowest BCUT2D eigenvalue weighted by Gasteiger charge is -2.25. The fraction of sp³-hybridized carbons (Fsp3) is 0.588. The molecule has 1 unspecified atom stereocenters. The highest BCUT2D eigenvalue weighted by molar-refractivity contribution is 5.85. The largest absolute Gasteiger partial charge is 0.360 e. The van der Waals surface area contributed by atoms with E-state index in [-0.39, 0.29) is 12.0 Å². The number of hydrogen-bond donors (Lipinski definition) is 1. The number of ether oxygens (including phenoxy) is 1. The van der Waals surface area contributed by atoms with Gasteiger partial charge in [-0.05, 0) is 25.2 Å². The molecule has 1 N–H and O–H groups in total. The van der Waals surface area contributed by atoms with Gasteiger partial charge >= 0.3 is 0 Å². The van der Waals surface area contributed by atoms with E-state index in [1.165, 1.54) is 0 Å². The summed E-state index contributed by atoms with van der Waals surface area (Å²) in [5.41, 5.74) is -1.20. The van der Waals surface area contributed by atoms with Gasteiger partial charge in [0.2, 0.25) is 11.6 Å². The van der Waals surface area contributed by atoms with Gasteiger partial charge in [0.05, 0.1) is 6.61 Å². The molecule has 142 valence electrons. The number of rotatable bonds is 7. The average Bonchev–Trinajstić information content (AvgIpc) is 2.49. The fourth-order valence-electron chi connectivity index (χ4n) is 1.98. The van der Waals surface area contributed by atoms with E-state index in [0.29, 0.717) is 6.42 Å². The molecule has 0 amide bonds. The molecule has 0 saturated heterocycles. The molecule has 0 aliphatic heterocycles. The van der Waals surface area contributed by atoms with Gasteiger partial charge in [-0.25, -0.2) is 22.0 Å². The maximum atomic E-state index is 13.6. The Morgan fingerprint density at radius 1 is 0.920 bits per heavy atom. The Morgan fingerprint density at radius 3 is 1.80 bits per heavy atom. The maximum Gasteiger partial charge on any atom is 0.223 e. The van der Waals surface area contributed by atoms with Crippen LogP contribution in [0.15, 0.2) is 0 Å². The molecule has 0 aliphatic carbocycles. The molecule has 0 spiro atoms. The van der Waals surface area contributed by atoms with Crippen molar-refractivity contribution in [3.05, 3.63) is 34.6 Å². The lowest BCUT2D eigenvalue weighted by molar-refractivity contribution is -0.199. The first-order valence-corrected chi connectivity index (χ1v) is 7.68. The number of hydrogen-bond acceptors (Lipinski definition) is 3. The van der Waals surface area contributed by atoms with Gasteiger partial charge in [0.1, 0.15) is 0 Å². The maximum absolute atomic E-state index is 13.6. The van der Waals surface area contributed by atoms with E-state index in [2.05, 4.69) is 0 Å². The van der Waals surface area contributed by atoms with Gasteiger partial charge in [-0.3, -0.25) is 4.79 Å². The molecule has 0 aromatic heterocycles. The lowest BCUT2D eigenvalue weighted by atomic mass is 9.93. The highest BCUT2D eigenvalue weighted by atomic mass is 19.2. The lowest BCUT2D eigenvalue weighted by Crippen LogP contribution is -2.39. The molecule has 0 aliphatic rings. The standard InChI is InChI=1S/C17H21F5O3/c1-16(2,3)7-8-25-17(4,24)10(23)6-5-9-11(18)13(20)15(22)14(21)12(9)19/h24H,5-8H2,1-4H3. The van der Waals surface area contributed by atoms with Crippen LogP contribution < -0.4 is 0 Å². The first-order valence-electron chi connectivity index (χ1n) is 7.68. The molecule has 3 nitrogen and oxygen atoms in total. The number of ketones is 1. The van der Waals surface area contributed by atoms with Gasteiger partial charge in [0, 0.05) is 12.0 Å². The quantitative estimate of drug-likeness (QED) is 0.342. The van der Waals surface area contributed by atoms with Gasteiger partial charge in [-0.1, -0.05) is 20.8 Å². The zero-order valence-corrected chi connectivity index (χ0v) is 14.5. The SMILES string of the molecule is CC(C)(C)CCOC(C)(O)C(=O)CCc1c(F)c(F)c(F)c(F)c1F. The van der Waals surface area contributed by atoms with E-state index in [4.69, 9.17) is 4.74 Å². The van der Waals surface area contributed by atoms with Crippen molar-refractivity contribution in [3.8, 4) is 0 Å². The third-order valence-corrected chi connectivity index (χ3v) is 3.66. The van der Waals surface area contributed by atoms with Gasteiger partial charge in [0.25, 0.3) is 0 Å². The monoisotopic (exact) mass is 368 g/mol. The summed E-state index contributed by atoms with van der Waals surface area (Å²) in [6, 6.07) is 0. The summed E-state index contributed by atoms with van der Waals surface area (Å²) in [6.07, 6.45) is -0.877. The van der Waals surface area contributed by atoms with Crippen molar-refractivity contribution in [2.75, 3.05) is 6.61 Å². The first-order chi connectivity index (χ1) is 11.3. The molecular formula is C17H21F5O3. The van der Waals surface area contributed by atoms with Crippen LogP contribution in [0, 0.1) is 34.5 Å². The summed E-state index contributed by atoms with van der Waals surface area (Å²) in [6.45, 7) is 6.91. The van der Waals surface area contributed by atoms with Crippen LogP contribution in [0.25, 0.3) is 0 Å². The number of aliphatic hydroxyl groups is 1. The molecule has 1 aromatic carbocycles. The van der Waals surface area contributed by atoms with E-state index in [1.54, 1.807) is 0 Å². The summed E-state index contributed by atoms with van der Waals surface area (Å²) in [5, 5.41) is 9.98. The molecule has 1 rings (SSSR count). The van der Waals surface area contributed by atoms with Gasteiger partial charge in [-0.15, -0.1) is 0 Å². The smallest absolute Gasteiger partial charge is 0.223 e. The zero-order chi connectivity index (χ0) is 19.6. The first kappa shape index (κ1) is 21.5. The number of carbonyl (C=O) groups is 1. The third kappa shape index (κ3) is 5.47. The number of benzene rings is 1. The predicted molar refractivity (Wildman–Crippen MR) is 80.2 cm³/mol. The van der Waals surface area contributed by atoms with Crippen LogP contribution >= 0.6 is 0 Å². The third-order valence-electron chi connectivity index (χ3n) is 3.66. The normalized spacial score (nSPS) is 14.5. The minimum absolute atomic E-state index is 0.0603. The van der Waals surface area contributed by atoms with Gasteiger partial charge in [-0.2, -0.15) is 0 Å². The van der Waals surface area contributed by atoms with Crippen LogP contribution in [0.3, 0.4) is 0 Å². The molecule has 0 radical (unpaired) electrons. The highest BCUT2D eigenvalue weighted by Crippen LogP contribution is 2.25. The van der Waals surface area contributed by atoms with Crippen molar-refractivity contribution in [2.45, 2.75) is 52.7 Å². The number of carbonyl (C=O) groups excluding carboxylic acids is 1. The second-order valence-electron chi connectivity index (χ2n) is 7.11. The predicted octanol–water partition coefficient (Wildman–Crippen LogP) is 4.05. The van der Waals surface area contributed by atoms with Crippen LogP contribution in [0.1, 0.15) is 46.1 Å². The van der Waals surface area contributed by atoms with E-state index in [0.717, 1.165) is 6.92 Å². The molecule has 0 fully saturated rings. The fourth-order valence-corrected chi connectivity index (χ4v) is 1.98. The van der Waals surface area contributed by atoms with Crippen molar-refractivity contribution in [1.82, 2.24) is 0 Å². The zero-order valence-electron chi connectivity index (χ0n) is 14.5. The van der Waals surface area contributed by atoms with Crippen molar-refractivity contribution in [3.63, 3.8) is 0 Å². The van der Waals surface area contributed by atoms with Crippen molar-refractivity contribution >= 4 is 5.78 Å². The minimum Gasteiger partial charge on any atom is -0.360 e. The van der Waals surface area contributed by atoms with E-state index < -0.39 is 59.1 Å². The Hall–Kier alpha value is -1.54. The molecule has 8 heteroatoms. The van der Waals surface area contributed by atoms with E-state index in [1.807, 2.05) is 20.8 Å². The summed E-state index contributed by atoms with van der Waals surface area (Å²) in [7, 11) is 0. The van der Waals surface area contributed by atoms with Crippen molar-refractivity contribution < 1.29 is 36.6 Å². The summed E-state index contributed by atoms with van der Waals surface area (Å²) in [5.74, 6) is -13.5. The summed E-state index contributed by atoms with van der Waals surface area (Å²) < 4.78 is 71.4. The summed E-state index contributed by atoms with van der Waals surface area (Å²) in [4.78, 5) is 12.0. The van der Waals surface area contributed by atoms with Crippen LogP contribution in [-0.4, -0.2) is 23.3 Å². The minimum atomic E-state index is -2.26. The Bertz CT molecular complexity index is 622.